The van der Waals surface area contributed by atoms with Gasteiger partial charge in [-0.25, -0.2) is 9.37 Å². The Labute approximate surface area is 143 Å². The Morgan fingerprint density at radius 3 is 2.75 bits per heavy atom. The van der Waals surface area contributed by atoms with Gasteiger partial charge in [0.2, 0.25) is 5.91 Å². The molecule has 2 N–H and O–H groups in total. The number of hydrogen-bond donors (Lipinski definition) is 2. The van der Waals surface area contributed by atoms with Crippen molar-refractivity contribution >= 4 is 27.5 Å². The molecule has 0 saturated heterocycles. The number of benzene rings is 2. The van der Waals surface area contributed by atoms with Crippen molar-refractivity contribution in [2.45, 2.75) is 18.9 Å². The molecule has 0 aliphatic carbocycles. The van der Waals surface area contributed by atoms with Gasteiger partial charge < -0.3 is 10.4 Å². The summed E-state index contributed by atoms with van der Waals surface area (Å²) in [6, 6.07) is 13.8. The third kappa shape index (κ3) is 3.96. The largest absolute Gasteiger partial charge is 0.386 e. The number of aromatic nitrogens is 1. The second kappa shape index (κ2) is 7.51. The van der Waals surface area contributed by atoms with E-state index in [1.54, 1.807) is 23.5 Å². The van der Waals surface area contributed by atoms with Crippen LogP contribution in [0.2, 0.25) is 0 Å². The molecule has 0 spiro atoms. The fourth-order valence-electron chi connectivity index (χ4n) is 2.40. The molecular formula is C18H17FN2O2S. The molecule has 0 saturated carbocycles. The zero-order valence-corrected chi connectivity index (χ0v) is 13.7. The minimum absolute atomic E-state index is 0.0143. The van der Waals surface area contributed by atoms with Crippen LogP contribution in [0.3, 0.4) is 0 Å². The molecule has 1 amide bonds. The topological polar surface area (TPSA) is 62.2 Å². The summed E-state index contributed by atoms with van der Waals surface area (Å²) in [6.45, 7) is -0.0143. The maximum atomic E-state index is 13.6. The fourth-order valence-corrected chi connectivity index (χ4v) is 3.37. The van der Waals surface area contributed by atoms with Crippen molar-refractivity contribution < 1.29 is 14.3 Å². The highest BCUT2D eigenvalue weighted by molar-refractivity contribution is 7.18. The molecule has 0 radical (unpaired) electrons. The van der Waals surface area contributed by atoms with Gasteiger partial charge in [0.1, 0.15) is 5.82 Å². The Balaban J connectivity index is 1.50. The first-order valence-electron chi connectivity index (χ1n) is 7.67. The number of carbonyl (C=O) groups is 1. The van der Waals surface area contributed by atoms with E-state index in [1.165, 1.54) is 12.1 Å². The molecule has 6 heteroatoms. The van der Waals surface area contributed by atoms with Crippen molar-refractivity contribution in [3.8, 4) is 0 Å². The third-order valence-corrected chi connectivity index (χ3v) is 4.76. The highest BCUT2D eigenvalue weighted by Gasteiger charge is 2.13. The first-order chi connectivity index (χ1) is 11.6. The van der Waals surface area contributed by atoms with E-state index in [1.807, 2.05) is 24.3 Å². The van der Waals surface area contributed by atoms with E-state index in [4.69, 9.17) is 0 Å². The van der Waals surface area contributed by atoms with Crippen LogP contribution in [0, 0.1) is 5.82 Å². The number of carbonyl (C=O) groups excluding carboxylic acids is 1. The van der Waals surface area contributed by atoms with Crippen LogP contribution in [0.25, 0.3) is 10.2 Å². The Kier molecular flexibility index (Phi) is 5.17. The van der Waals surface area contributed by atoms with E-state index >= 15 is 0 Å². The van der Waals surface area contributed by atoms with Crippen molar-refractivity contribution in [3.05, 3.63) is 64.9 Å². The van der Waals surface area contributed by atoms with Crippen LogP contribution in [-0.2, 0) is 11.2 Å². The maximum absolute atomic E-state index is 13.6. The van der Waals surface area contributed by atoms with E-state index in [0.717, 1.165) is 15.2 Å². The molecule has 24 heavy (non-hydrogen) atoms. The van der Waals surface area contributed by atoms with Gasteiger partial charge in [0.15, 0.2) is 0 Å². The highest BCUT2D eigenvalue weighted by atomic mass is 32.1. The summed E-state index contributed by atoms with van der Waals surface area (Å²) < 4.78 is 14.7. The molecule has 3 aromatic rings. The van der Waals surface area contributed by atoms with E-state index < -0.39 is 11.9 Å². The van der Waals surface area contributed by atoms with Gasteiger partial charge >= 0.3 is 0 Å². The molecule has 0 aliphatic rings. The molecular weight excluding hydrogens is 327 g/mol. The maximum Gasteiger partial charge on any atom is 0.220 e. The van der Waals surface area contributed by atoms with Gasteiger partial charge in [0, 0.05) is 24.9 Å². The minimum atomic E-state index is -1.06. The summed E-state index contributed by atoms with van der Waals surface area (Å²) in [4.78, 5) is 16.4. The van der Waals surface area contributed by atoms with Crippen molar-refractivity contribution in [2.24, 2.45) is 0 Å². The number of thiazole rings is 1. The average molecular weight is 344 g/mol. The number of aryl methyl sites for hydroxylation is 1. The first-order valence-corrected chi connectivity index (χ1v) is 8.49. The first kappa shape index (κ1) is 16.5. The number of amides is 1. The van der Waals surface area contributed by atoms with E-state index in [2.05, 4.69) is 10.3 Å². The van der Waals surface area contributed by atoms with Crippen LogP contribution >= 0.6 is 11.3 Å². The van der Waals surface area contributed by atoms with Gasteiger partial charge in [-0.1, -0.05) is 30.3 Å². The fraction of sp³-hybridized carbons (Fsp3) is 0.222. The Morgan fingerprint density at radius 1 is 1.21 bits per heavy atom. The zero-order chi connectivity index (χ0) is 16.9. The van der Waals surface area contributed by atoms with Crippen LogP contribution in [0.4, 0.5) is 4.39 Å². The average Bonchev–Trinajstić information content (AvgIpc) is 3.01. The highest BCUT2D eigenvalue weighted by Crippen LogP contribution is 2.22. The third-order valence-electron chi connectivity index (χ3n) is 3.66. The van der Waals surface area contributed by atoms with Crippen LogP contribution in [0.1, 0.15) is 23.1 Å². The van der Waals surface area contributed by atoms with Gasteiger partial charge in [-0.2, -0.15) is 0 Å². The Bertz CT molecular complexity index is 817. The summed E-state index contributed by atoms with van der Waals surface area (Å²) in [5, 5.41) is 13.5. The van der Waals surface area contributed by atoms with Crippen molar-refractivity contribution in [1.29, 1.82) is 0 Å². The van der Waals surface area contributed by atoms with Crippen molar-refractivity contribution in [2.75, 3.05) is 6.54 Å². The molecule has 4 nitrogen and oxygen atoms in total. The van der Waals surface area contributed by atoms with Crippen LogP contribution in [0.15, 0.2) is 48.5 Å². The lowest BCUT2D eigenvalue weighted by atomic mass is 10.1. The lowest BCUT2D eigenvalue weighted by molar-refractivity contribution is -0.121. The Morgan fingerprint density at radius 2 is 1.96 bits per heavy atom. The second-order valence-corrected chi connectivity index (χ2v) is 6.53. The number of fused-ring (bicyclic) bond motifs is 1. The van der Waals surface area contributed by atoms with E-state index in [-0.39, 0.29) is 24.4 Å². The van der Waals surface area contributed by atoms with Crippen LogP contribution < -0.4 is 5.32 Å². The normalized spacial score (nSPS) is 12.2. The van der Waals surface area contributed by atoms with Gasteiger partial charge in [-0.3, -0.25) is 4.79 Å². The molecule has 124 valence electrons. The zero-order valence-electron chi connectivity index (χ0n) is 12.9. The number of rotatable bonds is 6. The van der Waals surface area contributed by atoms with E-state index in [9.17, 15) is 14.3 Å². The number of para-hydroxylation sites is 1. The number of nitrogens with one attached hydrogen (secondary N) is 1. The standard InChI is InChI=1S/C18H17FN2O2S/c19-13-6-2-1-5-12(13)15(22)11-20-17(23)9-10-18-21-14-7-3-4-8-16(14)24-18/h1-8,15,22H,9-11H2,(H,20,23). The Hall–Kier alpha value is -2.31. The molecule has 1 heterocycles. The predicted octanol–water partition coefficient (Wildman–Crippen LogP) is 3.22. The number of hydrogen-bond acceptors (Lipinski definition) is 4. The molecule has 1 aromatic heterocycles. The van der Waals surface area contributed by atoms with Crippen LogP contribution in [-0.4, -0.2) is 22.5 Å². The van der Waals surface area contributed by atoms with Gasteiger partial charge in [-0.05, 0) is 18.2 Å². The minimum Gasteiger partial charge on any atom is -0.386 e. The lowest BCUT2D eigenvalue weighted by Gasteiger charge is -2.12. The smallest absolute Gasteiger partial charge is 0.220 e. The molecule has 0 bridgehead atoms. The summed E-state index contributed by atoms with van der Waals surface area (Å²) in [5.74, 6) is -0.668. The van der Waals surface area contributed by atoms with Crippen molar-refractivity contribution in [3.63, 3.8) is 0 Å². The quantitative estimate of drug-likeness (QED) is 0.722. The molecule has 2 aromatic carbocycles. The molecule has 1 atom stereocenters. The van der Waals surface area contributed by atoms with Crippen LogP contribution in [0.5, 0.6) is 0 Å². The monoisotopic (exact) mass is 344 g/mol. The summed E-state index contributed by atoms with van der Waals surface area (Å²) in [7, 11) is 0. The predicted molar refractivity (Wildman–Crippen MR) is 92.3 cm³/mol. The molecule has 0 aliphatic heterocycles. The van der Waals surface area contributed by atoms with Crippen molar-refractivity contribution in [1.82, 2.24) is 10.3 Å². The lowest BCUT2D eigenvalue weighted by Crippen LogP contribution is -2.28. The molecule has 1 unspecified atom stereocenters. The summed E-state index contributed by atoms with van der Waals surface area (Å²) in [5.41, 5.74) is 1.12. The second-order valence-electron chi connectivity index (χ2n) is 5.42. The summed E-state index contributed by atoms with van der Waals surface area (Å²) >= 11 is 1.57. The number of halogens is 1. The van der Waals surface area contributed by atoms with Gasteiger partial charge in [0.25, 0.3) is 0 Å². The number of aliphatic hydroxyl groups is 1. The number of aliphatic hydroxyl groups excluding tert-OH is 1. The van der Waals surface area contributed by atoms with Gasteiger partial charge in [-0.15, -0.1) is 11.3 Å². The molecule has 0 fully saturated rings. The summed E-state index contributed by atoms with van der Waals surface area (Å²) in [6.07, 6.45) is -0.234. The van der Waals surface area contributed by atoms with E-state index in [0.29, 0.717) is 6.42 Å². The number of nitrogens with zero attached hydrogens (tertiary/aromatic N) is 1. The SMILES string of the molecule is O=C(CCc1nc2ccccc2s1)NCC(O)c1ccccc1F. The molecule has 3 rings (SSSR count). The van der Waals surface area contributed by atoms with Gasteiger partial charge in [0.05, 0.1) is 21.3 Å².